The lowest BCUT2D eigenvalue weighted by Crippen LogP contribution is -2.24. The van der Waals surface area contributed by atoms with Gasteiger partial charge in [-0.3, -0.25) is 4.98 Å². The van der Waals surface area contributed by atoms with Crippen LogP contribution in [0, 0.1) is 13.8 Å². The molecule has 0 unspecified atom stereocenters. The molecular formula is C10H16N2O. The summed E-state index contributed by atoms with van der Waals surface area (Å²) in [5.74, 6) is 0. The molecule has 3 N–H and O–H groups in total. The average Bonchev–Trinajstić information content (AvgIpc) is 2.03. The molecule has 0 saturated heterocycles. The fraction of sp³-hybridized carbons (Fsp3) is 0.500. The number of rotatable bonds is 2. The first-order valence-electron chi connectivity index (χ1n) is 4.40. The van der Waals surface area contributed by atoms with Crippen LogP contribution < -0.4 is 5.73 Å². The van der Waals surface area contributed by atoms with E-state index in [1.165, 1.54) is 0 Å². The van der Waals surface area contributed by atoms with Gasteiger partial charge < -0.3 is 10.8 Å². The highest BCUT2D eigenvalue weighted by atomic mass is 16.3. The van der Waals surface area contributed by atoms with Crippen molar-refractivity contribution in [2.45, 2.75) is 32.9 Å². The largest absolute Gasteiger partial charge is 0.391 e. The Kier molecular flexibility index (Phi) is 3.01. The van der Waals surface area contributed by atoms with Crippen molar-refractivity contribution in [1.82, 2.24) is 4.98 Å². The summed E-state index contributed by atoms with van der Waals surface area (Å²) >= 11 is 0. The zero-order chi connectivity index (χ0) is 10.0. The van der Waals surface area contributed by atoms with E-state index < -0.39 is 6.10 Å². The molecule has 0 fully saturated rings. The zero-order valence-electron chi connectivity index (χ0n) is 8.28. The van der Waals surface area contributed by atoms with Crippen molar-refractivity contribution in [3.8, 4) is 0 Å². The first-order valence-corrected chi connectivity index (χ1v) is 4.40. The second-order valence-electron chi connectivity index (χ2n) is 3.39. The Morgan fingerprint density at radius 2 is 2.00 bits per heavy atom. The first-order chi connectivity index (χ1) is 6.02. The third-order valence-corrected chi connectivity index (χ3v) is 2.14. The van der Waals surface area contributed by atoms with E-state index in [0.717, 1.165) is 17.0 Å². The smallest absolute Gasteiger partial charge is 0.0705 e. The van der Waals surface area contributed by atoms with Gasteiger partial charge in [-0.25, -0.2) is 0 Å². The molecule has 3 nitrogen and oxygen atoms in total. The van der Waals surface area contributed by atoms with Gasteiger partial charge in [0.15, 0.2) is 0 Å². The maximum absolute atomic E-state index is 9.32. The lowest BCUT2D eigenvalue weighted by molar-refractivity contribution is 0.164. The summed E-state index contributed by atoms with van der Waals surface area (Å²) in [6.45, 7) is 5.53. The number of nitrogens with two attached hydrogens (primary N) is 1. The maximum Gasteiger partial charge on any atom is 0.0705 e. The number of hydrogen-bond donors (Lipinski definition) is 2. The number of aromatic nitrogens is 1. The lowest BCUT2D eigenvalue weighted by Gasteiger charge is -2.16. The molecule has 0 aliphatic rings. The topological polar surface area (TPSA) is 59.1 Å². The molecule has 2 atom stereocenters. The molecule has 0 aliphatic heterocycles. The minimum absolute atomic E-state index is 0.340. The summed E-state index contributed by atoms with van der Waals surface area (Å²) in [6.07, 6.45) is -0.539. The van der Waals surface area contributed by atoms with E-state index in [1.807, 2.05) is 26.0 Å². The van der Waals surface area contributed by atoms with Crippen molar-refractivity contribution in [2.75, 3.05) is 0 Å². The van der Waals surface area contributed by atoms with E-state index in [1.54, 1.807) is 6.92 Å². The van der Waals surface area contributed by atoms with Crippen LogP contribution in [0.4, 0.5) is 0 Å². The third kappa shape index (κ3) is 2.26. The fourth-order valence-electron chi connectivity index (χ4n) is 1.31. The number of hydrogen-bond acceptors (Lipinski definition) is 3. The Balaban J connectivity index is 3.01. The zero-order valence-corrected chi connectivity index (χ0v) is 8.28. The molecule has 0 spiro atoms. The van der Waals surface area contributed by atoms with E-state index in [0.29, 0.717) is 0 Å². The summed E-state index contributed by atoms with van der Waals surface area (Å²) in [6, 6.07) is 3.49. The number of aryl methyl sites for hydroxylation is 2. The predicted octanol–water partition coefficient (Wildman–Crippen LogP) is 1.08. The Hall–Kier alpha value is -0.930. The van der Waals surface area contributed by atoms with Crippen molar-refractivity contribution >= 4 is 0 Å². The molecule has 1 aromatic rings. The van der Waals surface area contributed by atoms with Gasteiger partial charge in [0.25, 0.3) is 0 Å². The standard InChI is InChI=1S/C10H16N2O/c1-6-4-5-9(7(2)12-6)10(11)8(3)13/h4-5,8,10,13H,11H2,1-3H3/t8-,10+/m1/s1. The number of nitrogens with zero attached hydrogens (tertiary/aromatic N) is 1. The van der Waals surface area contributed by atoms with Crippen LogP contribution in [-0.4, -0.2) is 16.2 Å². The van der Waals surface area contributed by atoms with Gasteiger partial charge in [-0.2, -0.15) is 0 Å². The third-order valence-electron chi connectivity index (χ3n) is 2.14. The Labute approximate surface area is 78.6 Å². The minimum Gasteiger partial charge on any atom is -0.391 e. The highest BCUT2D eigenvalue weighted by Gasteiger charge is 2.14. The summed E-state index contributed by atoms with van der Waals surface area (Å²) < 4.78 is 0. The van der Waals surface area contributed by atoms with Crippen LogP contribution in [0.1, 0.15) is 29.9 Å². The predicted molar refractivity (Wildman–Crippen MR) is 52.3 cm³/mol. The normalized spacial score (nSPS) is 15.5. The molecule has 0 radical (unpaired) electrons. The van der Waals surface area contributed by atoms with E-state index in [2.05, 4.69) is 4.98 Å². The van der Waals surface area contributed by atoms with Crippen LogP contribution in [0.3, 0.4) is 0 Å². The van der Waals surface area contributed by atoms with Gasteiger partial charge in [-0.1, -0.05) is 6.07 Å². The van der Waals surface area contributed by atoms with Crippen LogP contribution in [-0.2, 0) is 0 Å². The summed E-state index contributed by atoms with van der Waals surface area (Å²) in [4.78, 5) is 4.29. The van der Waals surface area contributed by atoms with Gasteiger partial charge in [-0.05, 0) is 32.4 Å². The second-order valence-corrected chi connectivity index (χ2v) is 3.39. The van der Waals surface area contributed by atoms with Gasteiger partial charge in [0.05, 0.1) is 12.1 Å². The van der Waals surface area contributed by atoms with E-state index >= 15 is 0 Å². The number of aliphatic hydroxyl groups is 1. The molecule has 1 rings (SSSR count). The Morgan fingerprint density at radius 1 is 1.38 bits per heavy atom. The van der Waals surface area contributed by atoms with E-state index in [9.17, 15) is 5.11 Å². The van der Waals surface area contributed by atoms with Crippen molar-refractivity contribution < 1.29 is 5.11 Å². The molecule has 1 aromatic heterocycles. The number of aliphatic hydroxyl groups excluding tert-OH is 1. The molecule has 13 heavy (non-hydrogen) atoms. The maximum atomic E-state index is 9.32. The van der Waals surface area contributed by atoms with Crippen LogP contribution in [0.2, 0.25) is 0 Å². The van der Waals surface area contributed by atoms with E-state index in [4.69, 9.17) is 5.73 Å². The van der Waals surface area contributed by atoms with Crippen molar-refractivity contribution in [3.05, 3.63) is 29.1 Å². The van der Waals surface area contributed by atoms with Crippen LogP contribution in [0.25, 0.3) is 0 Å². The van der Waals surface area contributed by atoms with Gasteiger partial charge in [0.1, 0.15) is 0 Å². The molecule has 72 valence electrons. The molecule has 0 amide bonds. The highest BCUT2D eigenvalue weighted by Crippen LogP contribution is 2.17. The SMILES string of the molecule is Cc1ccc([C@@H](N)[C@@H](C)O)c(C)n1. The molecule has 3 heteroatoms. The minimum atomic E-state index is -0.539. The Morgan fingerprint density at radius 3 is 2.46 bits per heavy atom. The molecule has 0 aromatic carbocycles. The molecule has 0 saturated carbocycles. The van der Waals surface area contributed by atoms with Crippen molar-refractivity contribution in [2.24, 2.45) is 5.73 Å². The summed E-state index contributed by atoms with van der Waals surface area (Å²) in [5, 5.41) is 9.32. The average molecular weight is 180 g/mol. The lowest BCUT2D eigenvalue weighted by atomic mass is 10.0. The van der Waals surface area contributed by atoms with Crippen LogP contribution in [0.15, 0.2) is 12.1 Å². The molecule has 1 heterocycles. The highest BCUT2D eigenvalue weighted by molar-refractivity contribution is 5.25. The van der Waals surface area contributed by atoms with Crippen LogP contribution in [0.5, 0.6) is 0 Å². The van der Waals surface area contributed by atoms with Crippen molar-refractivity contribution in [1.29, 1.82) is 0 Å². The van der Waals surface area contributed by atoms with Crippen molar-refractivity contribution in [3.63, 3.8) is 0 Å². The van der Waals surface area contributed by atoms with Crippen LogP contribution >= 0.6 is 0 Å². The molecular weight excluding hydrogens is 164 g/mol. The number of pyridine rings is 1. The second kappa shape index (κ2) is 3.85. The van der Waals surface area contributed by atoms with E-state index in [-0.39, 0.29) is 6.04 Å². The Bertz CT molecular complexity index is 297. The molecule has 0 aliphatic carbocycles. The fourth-order valence-corrected chi connectivity index (χ4v) is 1.31. The van der Waals surface area contributed by atoms with Gasteiger partial charge >= 0.3 is 0 Å². The van der Waals surface area contributed by atoms with Gasteiger partial charge in [-0.15, -0.1) is 0 Å². The van der Waals surface area contributed by atoms with Gasteiger partial charge in [0, 0.05) is 11.4 Å². The van der Waals surface area contributed by atoms with Gasteiger partial charge in [0.2, 0.25) is 0 Å². The monoisotopic (exact) mass is 180 g/mol. The summed E-state index contributed by atoms with van der Waals surface area (Å²) in [7, 11) is 0. The molecule has 0 bridgehead atoms. The summed E-state index contributed by atoms with van der Waals surface area (Å²) in [5.41, 5.74) is 8.58. The first kappa shape index (κ1) is 10.2. The quantitative estimate of drug-likeness (QED) is 0.716.